The third-order valence-corrected chi connectivity index (χ3v) is 6.09. The zero-order valence-corrected chi connectivity index (χ0v) is 17.9. The van der Waals surface area contributed by atoms with E-state index in [0.29, 0.717) is 24.5 Å². The summed E-state index contributed by atoms with van der Waals surface area (Å²) in [6.07, 6.45) is 3.25. The van der Waals surface area contributed by atoms with Gasteiger partial charge in [-0.3, -0.25) is 14.4 Å². The molecule has 2 saturated heterocycles. The fraction of sp³-hybridized carbons (Fsp3) is 0.571. The van der Waals surface area contributed by atoms with Gasteiger partial charge in [0.2, 0.25) is 17.7 Å². The quantitative estimate of drug-likeness (QED) is 0.583. The highest BCUT2D eigenvalue weighted by Gasteiger charge is 2.37. The number of halogens is 1. The number of benzene rings is 1. The van der Waals surface area contributed by atoms with Crippen LogP contribution in [0.25, 0.3) is 0 Å². The van der Waals surface area contributed by atoms with Crippen molar-refractivity contribution in [2.75, 3.05) is 19.6 Å². The average molecular weight is 436 g/mol. The molecular weight excluding hydrogens is 406 g/mol. The number of nitrogens with one attached hydrogen (secondary N) is 1. The van der Waals surface area contributed by atoms with E-state index in [-0.39, 0.29) is 30.7 Å². The second-order valence-corrected chi connectivity index (χ2v) is 8.36. The van der Waals surface area contributed by atoms with Crippen LogP contribution in [-0.2, 0) is 27.5 Å². The molecule has 0 bridgehead atoms. The van der Waals surface area contributed by atoms with Gasteiger partial charge in [0.05, 0.1) is 12.5 Å². The van der Waals surface area contributed by atoms with E-state index in [1.807, 2.05) is 6.07 Å². The van der Waals surface area contributed by atoms with Crippen molar-refractivity contribution in [1.29, 1.82) is 0 Å². The Balaban J connectivity index is 1.57. The van der Waals surface area contributed by atoms with Crippen LogP contribution in [0.5, 0.6) is 0 Å². The third-order valence-electron chi connectivity index (χ3n) is 5.85. The number of nitrogens with two attached hydrogens (primary N) is 2. The van der Waals surface area contributed by atoms with Crippen LogP contribution >= 0.6 is 11.6 Å². The minimum Gasteiger partial charge on any atom is -0.350 e. The topological polar surface area (TPSA) is 122 Å². The molecule has 164 valence electrons. The maximum atomic E-state index is 12.8. The van der Waals surface area contributed by atoms with Crippen LogP contribution in [0.2, 0.25) is 5.02 Å². The van der Waals surface area contributed by atoms with Crippen molar-refractivity contribution in [2.45, 2.75) is 57.3 Å². The molecule has 2 aliphatic rings. The van der Waals surface area contributed by atoms with Crippen molar-refractivity contribution in [3.8, 4) is 0 Å². The van der Waals surface area contributed by atoms with Crippen LogP contribution < -0.4 is 16.8 Å². The zero-order chi connectivity index (χ0) is 21.7. The summed E-state index contributed by atoms with van der Waals surface area (Å²) in [6, 6.07) is 3.87. The number of likely N-dealkylation sites (tertiary alicyclic amines) is 2. The second-order valence-electron chi connectivity index (χ2n) is 7.92. The minimum absolute atomic E-state index is 0.0218. The Bertz CT molecular complexity index is 797. The van der Waals surface area contributed by atoms with Crippen molar-refractivity contribution in [1.82, 2.24) is 15.1 Å². The Hall–Kier alpha value is -2.16. The largest absolute Gasteiger partial charge is 0.350 e. The van der Waals surface area contributed by atoms with Crippen LogP contribution in [0.1, 0.15) is 43.2 Å². The molecule has 0 radical (unpaired) electrons. The number of hydrogen-bond acceptors (Lipinski definition) is 5. The normalized spacial score (nSPS) is 19.8. The Morgan fingerprint density at radius 2 is 1.87 bits per heavy atom. The first-order valence-corrected chi connectivity index (χ1v) is 10.9. The Kier molecular flexibility index (Phi) is 7.69. The number of rotatable bonds is 7. The Morgan fingerprint density at radius 1 is 1.13 bits per heavy atom. The maximum absolute atomic E-state index is 12.8. The summed E-state index contributed by atoms with van der Waals surface area (Å²) >= 11 is 6.05. The van der Waals surface area contributed by atoms with Crippen LogP contribution in [0, 0.1) is 0 Å². The van der Waals surface area contributed by atoms with Crippen molar-refractivity contribution in [3.05, 3.63) is 34.3 Å². The summed E-state index contributed by atoms with van der Waals surface area (Å²) in [5.74, 6) is -0.670. The molecule has 0 saturated carbocycles. The van der Waals surface area contributed by atoms with E-state index in [4.69, 9.17) is 23.1 Å². The lowest BCUT2D eigenvalue weighted by molar-refractivity contribution is -0.141. The predicted octanol–water partition coefficient (Wildman–Crippen LogP) is 0.746. The minimum atomic E-state index is -0.928. The zero-order valence-electron chi connectivity index (χ0n) is 17.1. The van der Waals surface area contributed by atoms with Gasteiger partial charge in [0.25, 0.3) is 0 Å². The monoisotopic (exact) mass is 435 g/mol. The molecule has 1 aromatic carbocycles. The van der Waals surface area contributed by atoms with Gasteiger partial charge in [0, 0.05) is 37.7 Å². The van der Waals surface area contributed by atoms with E-state index >= 15 is 0 Å². The van der Waals surface area contributed by atoms with Gasteiger partial charge >= 0.3 is 0 Å². The van der Waals surface area contributed by atoms with Crippen molar-refractivity contribution in [3.63, 3.8) is 0 Å². The first-order chi connectivity index (χ1) is 14.4. The molecule has 1 aromatic rings. The number of carbonyl (C=O) groups excluding carboxylic acids is 3. The van der Waals surface area contributed by atoms with E-state index in [9.17, 15) is 14.4 Å². The highest BCUT2D eigenvalue weighted by Crippen LogP contribution is 2.21. The summed E-state index contributed by atoms with van der Waals surface area (Å²) in [5.41, 5.74) is 13.6. The summed E-state index contributed by atoms with van der Waals surface area (Å²) in [5, 5.41) is 3.46. The van der Waals surface area contributed by atoms with Gasteiger partial charge in [-0.25, -0.2) is 0 Å². The van der Waals surface area contributed by atoms with Crippen molar-refractivity contribution < 1.29 is 14.4 Å². The van der Waals surface area contributed by atoms with Gasteiger partial charge in [0.15, 0.2) is 0 Å². The number of carbonyl (C=O) groups is 3. The Morgan fingerprint density at radius 3 is 2.57 bits per heavy atom. The summed E-state index contributed by atoms with van der Waals surface area (Å²) in [6.45, 7) is 2.54. The first kappa shape index (κ1) is 22.5. The standard InChI is InChI=1S/C21H30ClN5O3/c22-16-6-5-14(12-23)15(10-16)13-25-20(29)18-4-3-9-27(18)21(30)17(24)11-19(28)26-7-1-2-8-26/h5-6,10,17-18H,1-4,7-9,11-13,23-24H2,(H,25,29)/t17-,18+/m1/s1. The van der Waals surface area contributed by atoms with E-state index < -0.39 is 12.1 Å². The van der Waals surface area contributed by atoms with Gasteiger partial charge in [0.1, 0.15) is 6.04 Å². The van der Waals surface area contributed by atoms with Gasteiger partial charge in [-0.1, -0.05) is 17.7 Å². The lowest BCUT2D eigenvalue weighted by Crippen LogP contribution is -2.52. The van der Waals surface area contributed by atoms with Crippen molar-refractivity contribution in [2.24, 2.45) is 11.5 Å². The first-order valence-electron chi connectivity index (χ1n) is 10.5. The molecule has 0 aliphatic carbocycles. The molecule has 3 amide bonds. The van der Waals surface area contributed by atoms with Gasteiger partial charge in [-0.2, -0.15) is 0 Å². The summed E-state index contributed by atoms with van der Waals surface area (Å²) in [7, 11) is 0. The molecule has 2 fully saturated rings. The SMILES string of the molecule is NCc1ccc(Cl)cc1CNC(=O)[C@@H]1CCCN1C(=O)[C@H](N)CC(=O)N1CCCC1. The molecule has 0 aromatic heterocycles. The summed E-state index contributed by atoms with van der Waals surface area (Å²) in [4.78, 5) is 41.2. The third kappa shape index (κ3) is 5.30. The fourth-order valence-corrected chi connectivity index (χ4v) is 4.34. The van der Waals surface area contributed by atoms with Crippen molar-refractivity contribution >= 4 is 29.3 Å². The van der Waals surface area contributed by atoms with E-state index in [1.165, 1.54) is 4.90 Å². The predicted molar refractivity (Wildman–Crippen MR) is 114 cm³/mol. The molecule has 8 nitrogen and oxygen atoms in total. The molecule has 2 atom stereocenters. The number of nitrogens with zero attached hydrogens (tertiary/aromatic N) is 2. The molecule has 30 heavy (non-hydrogen) atoms. The van der Waals surface area contributed by atoms with Crippen LogP contribution in [0.3, 0.4) is 0 Å². The lowest BCUT2D eigenvalue weighted by atomic mass is 10.1. The molecule has 5 N–H and O–H groups in total. The molecule has 3 rings (SSSR count). The van der Waals surface area contributed by atoms with Crippen LogP contribution in [0.15, 0.2) is 18.2 Å². The van der Waals surface area contributed by atoms with E-state index in [1.54, 1.807) is 17.0 Å². The smallest absolute Gasteiger partial charge is 0.243 e. The van der Waals surface area contributed by atoms with Crippen LogP contribution in [0.4, 0.5) is 0 Å². The highest BCUT2D eigenvalue weighted by molar-refractivity contribution is 6.30. The summed E-state index contributed by atoms with van der Waals surface area (Å²) < 4.78 is 0. The van der Waals surface area contributed by atoms with Gasteiger partial charge in [-0.05, 0) is 48.9 Å². The highest BCUT2D eigenvalue weighted by atomic mass is 35.5. The van der Waals surface area contributed by atoms with Gasteiger partial charge < -0.3 is 26.6 Å². The van der Waals surface area contributed by atoms with E-state index in [0.717, 1.165) is 43.5 Å². The molecule has 0 spiro atoms. The Labute approximate surface area is 181 Å². The lowest BCUT2D eigenvalue weighted by Gasteiger charge is -2.27. The number of amides is 3. The van der Waals surface area contributed by atoms with Gasteiger partial charge in [-0.15, -0.1) is 0 Å². The van der Waals surface area contributed by atoms with E-state index in [2.05, 4.69) is 5.32 Å². The average Bonchev–Trinajstić information content (AvgIpc) is 3.43. The second kappa shape index (κ2) is 10.2. The number of hydrogen-bond donors (Lipinski definition) is 3. The van der Waals surface area contributed by atoms with Crippen LogP contribution in [-0.4, -0.2) is 59.2 Å². The maximum Gasteiger partial charge on any atom is 0.243 e. The molecule has 0 unspecified atom stereocenters. The molecule has 9 heteroatoms. The molecule has 2 aliphatic heterocycles. The molecular formula is C21H30ClN5O3. The molecule has 2 heterocycles. The fourth-order valence-electron chi connectivity index (χ4n) is 4.15.